The van der Waals surface area contributed by atoms with Crippen LogP contribution in [0.3, 0.4) is 0 Å². The third kappa shape index (κ3) is 5.02. The van der Waals surface area contributed by atoms with Gasteiger partial charge in [0.05, 0.1) is 7.11 Å². The van der Waals surface area contributed by atoms with Crippen LogP contribution in [0.2, 0.25) is 0 Å². The van der Waals surface area contributed by atoms with Crippen LogP contribution in [0.1, 0.15) is 42.7 Å². The Kier molecular flexibility index (Phi) is 6.00. The Morgan fingerprint density at radius 3 is 2.63 bits per heavy atom. The number of primary amides is 1. The predicted octanol–water partition coefficient (Wildman–Crippen LogP) is 2.85. The molecule has 0 unspecified atom stereocenters. The SMILES string of the molecule is COc1ccc(Nc2nc(NCC3CCCCC3)nc(C(N)=O)n2)cc1F. The summed E-state index contributed by atoms with van der Waals surface area (Å²) in [7, 11) is 1.39. The van der Waals surface area contributed by atoms with Crippen molar-refractivity contribution in [2.24, 2.45) is 11.7 Å². The smallest absolute Gasteiger partial charge is 0.286 e. The van der Waals surface area contributed by atoms with Crippen molar-refractivity contribution in [2.75, 3.05) is 24.3 Å². The summed E-state index contributed by atoms with van der Waals surface area (Å²) in [6.07, 6.45) is 6.06. The van der Waals surface area contributed by atoms with Gasteiger partial charge in [-0.2, -0.15) is 15.0 Å². The summed E-state index contributed by atoms with van der Waals surface area (Å²) in [6.45, 7) is 0.721. The lowest BCUT2D eigenvalue weighted by Gasteiger charge is -2.21. The second kappa shape index (κ2) is 8.61. The van der Waals surface area contributed by atoms with E-state index in [2.05, 4.69) is 25.6 Å². The van der Waals surface area contributed by atoms with E-state index >= 15 is 0 Å². The lowest BCUT2D eigenvalue weighted by Crippen LogP contribution is -2.21. The average Bonchev–Trinajstić information content (AvgIpc) is 2.67. The molecule has 1 aromatic carbocycles. The third-order valence-electron chi connectivity index (χ3n) is 4.54. The number of methoxy groups -OCH3 is 1. The summed E-state index contributed by atoms with van der Waals surface area (Å²) in [5.74, 6) is -0.393. The van der Waals surface area contributed by atoms with Crippen molar-refractivity contribution in [3.63, 3.8) is 0 Å². The molecule has 0 saturated heterocycles. The minimum absolute atomic E-state index is 0.106. The number of nitrogens with one attached hydrogen (secondary N) is 2. The molecule has 1 aromatic heterocycles. The van der Waals surface area contributed by atoms with Gasteiger partial charge in [-0.25, -0.2) is 4.39 Å². The fourth-order valence-electron chi connectivity index (χ4n) is 3.12. The van der Waals surface area contributed by atoms with E-state index in [0.29, 0.717) is 11.6 Å². The van der Waals surface area contributed by atoms with Crippen LogP contribution in [0, 0.1) is 11.7 Å². The van der Waals surface area contributed by atoms with Gasteiger partial charge in [0.15, 0.2) is 11.6 Å². The quantitative estimate of drug-likeness (QED) is 0.682. The molecule has 0 radical (unpaired) electrons. The Morgan fingerprint density at radius 2 is 1.96 bits per heavy atom. The molecule has 27 heavy (non-hydrogen) atoms. The number of halogens is 1. The number of anilines is 3. The first kappa shape index (κ1) is 18.8. The number of carbonyl (C=O) groups excluding carboxylic acids is 1. The van der Waals surface area contributed by atoms with Gasteiger partial charge in [-0.1, -0.05) is 19.3 Å². The number of amides is 1. The second-order valence-electron chi connectivity index (χ2n) is 6.53. The molecule has 1 aliphatic carbocycles. The van der Waals surface area contributed by atoms with E-state index in [-0.39, 0.29) is 23.5 Å². The summed E-state index contributed by atoms with van der Waals surface area (Å²) < 4.78 is 18.8. The molecular formula is C18H23FN6O2. The maximum absolute atomic E-state index is 13.9. The molecule has 0 spiro atoms. The first-order valence-electron chi connectivity index (χ1n) is 8.95. The zero-order valence-electron chi connectivity index (χ0n) is 15.2. The van der Waals surface area contributed by atoms with Crippen molar-refractivity contribution in [1.82, 2.24) is 15.0 Å². The number of rotatable bonds is 7. The molecule has 1 saturated carbocycles. The number of nitrogens with two attached hydrogens (primary N) is 1. The molecular weight excluding hydrogens is 351 g/mol. The largest absolute Gasteiger partial charge is 0.494 e. The first-order chi connectivity index (χ1) is 13.0. The highest BCUT2D eigenvalue weighted by Crippen LogP contribution is 2.24. The van der Waals surface area contributed by atoms with Gasteiger partial charge < -0.3 is 21.1 Å². The molecule has 1 aliphatic rings. The molecule has 1 fully saturated rings. The molecule has 1 heterocycles. The van der Waals surface area contributed by atoms with Crippen LogP contribution in [0.25, 0.3) is 0 Å². The van der Waals surface area contributed by atoms with Gasteiger partial charge in [-0.05, 0) is 30.9 Å². The molecule has 0 aliphatic heterocycles. The van der Waals surface area contributed by atoms with Crippen molar-refractivity contribution in [3.05, 3.63) is 29.8 Å². The molecule has 4 N–H and O–H groups in total. The fourth-order valence-corrected chi connectivity index (χ4v) is 3.12. The van der Waals surface area contributed by atoms with Crippen molar-refractivity contribution < 1.29 is 13.9 Å². The minimum Gasteiger partial charge on any atom is -0.494 e. The van der Waals surface area contributed by atoms with E-state index in [9.17, 15) is 9.18 Å². The highest BCUT2D eigenvalue weighted by Gasteiger charge is 2.16. The van der Waals surface area contributed by atoms with Gasteiger partial charge in [0.1, 0.15) is 0 Å². The zero-order chi connectivity index (χ0) is 19.2. The van der Waals surface area contributed by atoms with Crippen LogP contribution < -0.4 is 21.1 Å². The Morgan fingerprint density at radius 1 is 1.22 bits per heavy atom. The van der Waals surface area contributed by atoms with Crippen LogP contribution in [-0.2, 0) is 0 Å². The van der Waals surface area contributed by atoms with E-state index in [1.807, 2.05) is 0 Å². The lowest BCUT2D eigenvalue weighted by atomic mass is 9.89. The molecule has 9 heteroatoms. The summed E-state index contributed by atoms with van der Waals surface area (Å²) in [5.41, 5.74) is 5.73. The standard InChI is InChI=1S/C18H23FN6O2/c1-27-14-8-7-12(9-13(14)19)22-18-24-16(15(20)26)23-17(25-18)21-10-11-5-3-2-4-6-11/h7-9,11H,2-6,10H2,1H3,(H2,20,26)(H2,21,22,23,24,25). The van der Waals surface area contributed by atoms with Crippen molar-refractivity contribution in [3.8, 4) is 5.75 Å². The Hall–Kier alpha value is -2.97. The molecule has 3 rings (SSSR count). The average molecular weight is 374 g/mol. The number of aromatic nitrogens is 3. The van der Waals surface area contributed by atoms with Crippen molar-refractivity contribution in [2.45, 2.75) is 32.1 Å². The van der Waals surface area contributed by atoms with Gasteiger partial charge in [-0.3, -0.25) is 4.79 Å². The molecule has 8 nitrogen and oxygen atoms in total. The van der Waals surface area contributed by atoms with E-state index in [1.165, 1.54) is 38.5 Å². The fraction of sp³-hybridized carbons (Fsp3) is 0.444. The molecule has 0 bridgehead atoms. The van der Waals surface area contributed by atoms with Crippen molar-refractivity contribution in [1.29, 1.82) is 0 Å². The van der Waals surface area contributed by atoms with Crippen LogP contribution in [0.15, 0.2) is 18.2 Å². The minimum atomic E-state index is -0.762. The Labute approximate surface area is 156 Å². The topological polar surface area (TPSA) is 115 Å². The second-order valence-corrected chi connectivity index (χ2v) is 6.53. The van der Waals surface area contributed by atoms with Crippen molar-refractivity contribution >= 4 is 23.5 Å². The summed E-state index contributed by atoms with van der Waals surface area (Å²) in [4.78, 5) is 23.9. The van der Waals surface area contributed by atoms with Gasteiger partial charge in [0.25, 0.3) is 5.91 Å². The number of hydrogen-bond acceptors (Lipinski definition) is 7. The number of ether oxygens (including phenoxy) is 1. The maximum Gasteiger partial charge on any atom is 0.286 e. The van der Waals surface area contributed by atoms with Gasteiger partial charge in [0.2, 0.25) is 17.7 Å². The molecule has 2 aromatic rings. The maximum atomic E-state index is 13.9. The van der Waals surface area contributed by atoms with E-state index < -0.39 is 11.7 Å². The summed E-state index contributed by atoms with van der Waals surface area (Å²) in [6, 6.07) is 4.35. The summed E-state index contributed by atoms with van der Waals surface area (Å²) >= 11 is 0. The van der Waals surface area contributed by atoms with E-state index in [1.54, 1.807) is 6.07 Å². The lowest BCUT2D eigenvalue weighted by molar-refractivity contribution is 0.0990. The third-order valence-corrected chi connectivity index (χ3v) is 4.54. The molecule has 144 valence electrons. The highest BCUT2D eigenvalue weighted by molar-refractivity contribution is 5.89. The highest BCUT2D eigenvalue weighted by atomic mass is 19.1. The van der Waals surface area contributed by atoms with E-state index in [4.69, 9.17) is 10.5 Å². The number of carbonyl (C=O) groups is 1. The van der Waals surface area contributed by atoms with Crippen LogP contribution >= 0.6 is 0 Å². The van der Waals surface area contributed by atoms with Crippen LogP contribution in [0.5, 0.6) is 5.75 Å². The van der Waals surface area contributed by atoms with Crippen LogP contribution in [-0.4, -0.2) is 34.5 Å². The van der Waals surface area contributed by atoms with E-state index in [0.717, 1.165) is 19.4 Å². The Balaban J connectivity index is 1.76. The monoisotopic (exact) mass is 374 g/mol. The molecule has 1 amide bonds. The zero-order valence-corrected chi connectivity index (χ0v) is 15.2. The number of nitrogens with zero attached hydrogens (tertiary/aromatic N) is 3. The number of hydrogen-bond donors (Lipinski definition) is 3. The summed E-state index contributed by atoms with van der Waals surface area (Å²) in [5, 5.41) is 6.03. The van der Waals surface area contributed by atoms with Gasteiger partial charge in [-0.15, -0.1) is 0 Å². The molecule has 0 atom stereocenters. The first-order valence-corrected chi connectivity index (χ1v) is 8.95. The van der Waals surface area contributed by atoms with Gasteiger partial charge in [0, 0.05) is 18.3 Å². The normalized spacial score (nSPS) is 14.6. The van der Waals surface area contributed by atoms with Gasteiger partial charge >= 0.3 is 0 Å². The Bertz CT molecular complexity index is 810. The predicted molar refractivity (Wildman–Crippen MR) is 99.6 cm³/mol. The van der Waals surface area contributed by atoms with Crippen LogP contribution in [0.4, 0.5) is 22.0 Å². The number of benzene rings is 1.